The molecule has 1 unspecified atom stereocenters. The Morgan fingerprint density at radius 2 is 2.38 bits per heavy atom. The summed E-state index contributed by atoms with van der Waals surface area (Å²) in [6.45, 7) is 9.11. The molecule has 0 aliphatic carbocycles. The Morgan fingerprint density at radius 1 is 1.52 bits per heavy atom. The zero-order chi connectivity index (χ0) is 15.1. The highest BCUT2D eigenvalue weighted by molar-refractivity contribution is 7.11. The van der Waals surface area contributed by atoms with E-state index < -0.39 is 0 Å². The summed E-state index contributed by atoms with van der Waals surface area (Å²) in [4.78, 5) is 12.6. The fourth-order valence-electron chi connectivity index (χ4n) is 2.64. The standard InChI is InChI=1S/C15H27N5S/c1-4-16-15(19-10-14-17-8-12(2)21-14)18-9-13-6-5-7-20(3)11-13/h8,13H,4-7,9-11H2,1-3H3,(H2,16,18,19). The Bertz CT molecular complexity index is 457. The fraction of sp³-hybridized carbons (Fsp3) is 0.733. The molecular weight excluding hydrogens is 282 g/mol. The van der Waals surface area contributed by atoms with Crippen molar-refractivity contribution in [2.75, 3.05) is 33.2 Å². The van der Waals surface area contributed by atoms with Crippen molar-refractivity contribution in [2.45, 2.75) is 33.2 Å². The van der Waals surface area contributed by atoms with Gasteiger partial charge in [-0.25, -0.2) is 9.98 Å². The predicted octanol–water partition coefficient (Wildman–Crippen LogP) is 1.85. The van der Waals surface area contributed by atoms with Gasteiger partial charge in [0.25, 0.3) is 0 Å². The SMILES string of the molecule is CCNC(=NCc1ncc(C)s1)NCC1CCCN(C)C1. The van der Waals surface area contributed by atoms with Gasteiger partial charge in [-0.15, -0.1) is 11.3 Å². The molecule has 1 aromatic rings. The number of hydrogen-bond donors (Lipinski definition) is 2. The lowest BCUT2D eigenvalue weighted by Gasteiger charge is -2.30. The second kappa shape index (κ2) is 8.34. The largest absolute Gasteiger partial charge is 0.357 e. The van der Waals surface area contributed by atoms with E-state index in [4.69, 9.17) is 0 Å². The van der Waals surface area contributed by atoms with Crippen LogP contribution in [-0.4, -0.2) is 49.1 Å². The van der Waals surface area contributed by atoms with Crippen LogP contribution in [0.25, 0.3) is 0 Å². The molecule has 2 rings (SSSR count). The normalized spacial score (nSPS) is 20.5. The molecule has 0 bridgehead atoms. The maximum Gasteiger partial charge on any atom is 0.191 e. The van der Waals surface area contributed by atoms with Crippen molar-refractivity contribution in [2.24, 2.45) is 10.9 Å². The van der Waals surface area contributed by atoms with Gasteiger partial charge >= 0.3 is 0 Å². The number of thiazole rings is 1. The molecule has 0 radical (unpaired) electrons. The van der Waals surface area contributed by atoms with Crippen molar-refractivity contribution in [3.05, 3.63) is 16.1 Å². The number of guanidine groups is 1. The predicted molar refractivity (Wildman–Crippen MR) is 89.9 cm³/mol. The second-order valence-corrected chi connectivity index (χ2v) is 7.03. The van der Waals surface area contributed by atoms with E-state index in [1.165, 1.54) is 30.8 Å². The van der Waals surface area contributed by atoms with E-state index in [-0.39, 0.29) is 0 Å². The highest BCUT2D eigenvalue weighted by Crippen LogP contribution is 2.14. The molecule has 0 amide bonds. The first kappa shape index (κ1) is 16.2. The van der Waals surface area contributed by atoms with Gasteiger partial charge in [-0.1, -0.05) is 0 Å². The van der Waals surface area contributed by atoms with Crippen LogP contribution in [0.15, 0.2) is 11.2 Å². The summed E-state index contributed by atoms with van der Waals surface area (Å²) in [5, 5.41) is 7.86. The topological polar surface area (TPSA) is 52.6 Å². The van der Waals surface area contributed by atoms with Crippen LogP contribution in [0, 0.1) is 12.8 Å². The Balaban J connectivity index is 1.83. The van der Waals surface area contributed by atoms with Crippen molar-refractivity contribution >= 4 is 17.3 Å². The van der Waals surface area contributed by atoms with Crippen LogP contribution in [-0.2, 0) is 6.54 Å². The van der Waals surface area contributed by atoms with Gasteiger partial charge in [0, 0.05) is 30.7 Å². The van der Waals surface area contributed by atoms with E-state index in [0.717, 1.165) is 30.0 Å². The summed E-state index contributed by atoms with van der Waals surface area (Å²) in [5.41, 5.74) is 0. The molecule has 21 heavy (non-hydrogen) atoms. The maximum absolute atomic E-state index is 4.63. The number of hydrogen-bond acceptors (Lipinski definition) is 4. The average Bonchev–Trinajstić information content (AvgIpc) is 2.88. The van der Waals surface area contributed by atoms with Crippen LogP contribution in [0.4, 0.5) is 0 Å². The minimum Gasteiger partial charge on any atom is -0.357 e. The number of nitrogens with one attached hydrogen (secondary N) is 2. The molecule has 1 fully saturated rings. The number of aromatic nitrogens is 1. The average molecular weight is 309 g/mol. The third-order valence-electron chi connectivity index (χ3n) is 3.67. The highest BCUT2D eigenvalue weighted by Gasteiger charge is 2.17. The minimum atomic E-state index is 0.651. The summed E-state index contributed by atoms with van der Waals surface area (Å²) in [7, 11) is 2.20. The van der Waals surface area contributed by atoms with Crippen molar-refractivity contribution in [3.63, 3.8) is 0 Å². The van der Waals surface area contributed by atoms with Crippen molar-refractivity contribution < 1.29 is 0 Å². The monoisotopic (exact) mass is 309 g/mol. The molecule has 1 aliphatic heterocycles. The van der Waals surface area contributed by atoms with Crippen LogP contribution < -0.4 is 10.6 Å². The molecule has 2 heterocycles. The van der Waals surface area contributed by atoms with Gasteiger partial charge < -0.3 is 15.5 Å². The quantitative estimate of drug-likeness (QED) is 0.644. The molecule has 0 saturated carbocycles. The van der Waals surface area contributed by atoms with Gasteiger partial charge in [0.05, 0.1) is 6.54 Å². The Morgan fingerprint density at radius 3 is 3.05 bits per heavy atom. The molecule has 2 N–H and O–H groups in total. The number of rotatable bonds is 5. The molecule has 1 aliphatic rings. The van der Waals surface area contributed by atoms with Crippen molar-refractivity contribution in [3.8, 4) is 0 Å². The highest BCUT2D eigenvalue weighted by atomic mass is 32.1. The molecule has 1 aromatic heterocycles. The summed E-state index contributed by atoms with van der Waals surface area (Å²) >= 11 is 1.71. The molecule has 0 spiro atoms. The van der Waals surface area contributed by atoms with Crippen LogP contribution >= 0.6 is 11.3 Å². The van der Waals surface area contributed by atoms with Gasteiger partial charge in [0.1, 0.15) is 5.01 Å². The first-order valence-electron chi connectivity index (χ1n) is 7.79. The van der Waals surface area contributed by atoms with E-state index in [2.05, 4.69) is 46.4 Å². The molecular formula is C15H27N5S. The number of nitrogens with zero attached hydrogens (tertiary/aromatic N) is 3. The molecule has 1 saturated heterocycles. The van der Waals surface area contributed by atoms with Crippen LogP contribution in [0.1, 0.15) is 29.7 Å². The van der Waals surface area contributed by atoms with Gasteiger partial charge in [-0.3, -0.25) is 0 Å². The van der Waals surface area contributed by atoms with Crippen LogP contribution in [0.2, 0.25) is 0 Å². The lowest BCUT2D eigenvalue weighted by atomic mass is 9.99. The van der Waals surface area contributed by atoms with Gasteiger partial charge in [0.2, 0.25) is 0 Å². The smallest absolute Gasteiger partial charge is 0.191 e. The second-order valence-electron chi connectivity index (χ2n) is 5.71. The molecule has 5 nitrogen and oxygen atoms in total. The molecule has 118 valence electrons. The van der Waals surface area contributed by atoms with Gasteiger partial charge in [-0.05, 0) is 46.2 Å². The van der Waals surface area contributed by atoms with Gasteiger partial charge in [0.15, 0.2) is 5.96 Å². The lowest BCUT2D eigenvalue weighted by molar-refractivity contribution is 0.210. The zero-order valence-electron chi connectivity index (χ0n) is 13.4. The zero-order valence-corrected chi connectivity index (χ0v) is 14.2. The number of likely N-dealkylation sites (tertiary alicyclic amines) is 1. The third kappa shape index (κ3) is 5.63. The molecule has 6 heteroatoms. The maximum atomic E-state index is 4.63. The van der Waals surface area contributed by atoms with E-state index in [0.29, 0.717) is 6.54 Å². The Hall–Kier alpha value is -1.14. The van der Waals surface area contributed by atoms with E-state index >= 15 is 0 Å². The minimum absolute atomic E-state index is 0.651. The molecule has 1 atom stereocenters. The number of piperidine rings is 1. The Kier molecular flexibility index (Phi) is 6.45. The van der Waals surface area contributed by atoms with Crippen LogP contribution in [0.5, 0.6) is 0 Å². The van der Waals surface area contributed by atoms with E-state index in [1.54, 1.807) is 11.3 Å². The van der Waals surface area contributed by atoms with Crippen molar-refractivity contribution in [1.82, 2.24) is 20.5 Å². The fourth-order valence-corrected chi connectivity index (χ4v) is 3.36. The molecule has 0 aromatic carbocycles. The summed E-state index contributed by atoms with van der Waals surface area (Å²) < 4.78 is 0. The van der Waals surface area contributed by atoms with E-state index in [1.807, 2.05) is 6.20 Å². The first-order valence-corrected chi connectivity index (χ1v) is 8.61. The summed E-state index contributed by atoms with van der Waals surface area (Å²) in [6.07, 6.45) is 4.52. The van der Waals surface area contributed by atoms with E-state index in [9.17, 15) is 0 Å². The number of aryl methyl sites for hydroxylation is 1. The lowest BCUT2D eigenvalue weighted by Crippen LogP contribution is -2.43. The van der Waals surface area contributed by atoms with Crippen LogP contribution in [0.3, 0.4) is 0 Å². The number of aliphatic imine (C=N–C) groups is 1. The van der Waals surface area contributed by atoms with Gasteiger partial charge in [-0.2, -0.15) is 0 Å². The third-order valence-corrected chi connectivity index (χ3v) is 4.56. The summed E-state index contributed by atoms with van der Waals surface area (Å²) in [5.74, 6) is 1.62. The van der Waals surface area contributed by atoms with Crippen molar-refractivity contribution in [1.29, 1.82) is 0 Å². The summed E-state index contributed by atoms with van der Waals surface area (Å²) in [6, 6.07) is 0. The Labute approximate surface area is 131 Å². The first-order chi connectivity index (χ1) is 10.2.